The highest BCUT2D eigenvalue weighted by atomic mass is 16.5. The van der Waals surface area contributed by atoms with E-state index in [9.17, 15) is 9.59 Å². The molecule has 1 aliphatic rings. The fraction of sp³-hybridized carbons (Fsp3) is 0.481. The van der Waals surface area contributed by atoms with E-state index in [0.29, 0.717) is 13.2 Å². The SMILES string of the molecule is CCOC(=O)CCN1C(=O)[C@H](C(CC)CC)N(C)C(c2ccccc2)c2cc(C)ccc21. The van der Waals surface area contributed by atoms with Gasteiger partial charge in [0.2, 0.25) is 5.91 Å². The molecule has 1 aliphatic heterocycles. The molecular weight excluding hydrogens is 400 g/mol. The van der Waals surface area contributed by atoms with Crippen LogP contribution in [-0.4, -0.2) is 43.0 Å². The number of hydrogen-bond acceptors (Lipinski definition) is 4. The Balaban J connectivity index is 2.16. The largest absolute Gasteiger partial charge is 0.466 e. The second kappa shape index (κ2) is 10.8. The third-order valence-corrected chi connectivity index (χ3v) is 6.59. The molecule has 0 saturated carbocycles. The van der Waals surface area contributed by atoms with E-state index in [1.807, 2.05) is 23.1 Å². The summed E-state index contributed by atoms with van der Waals surface area (Å²) in [4.78, 5) is 30.3. The number of esters is 1. The standard InChI is InChI=1S/C27H36N2O3/c1-6-20(7-2)26-27(31)29(17-16-24(30)32-8-3)23-15-14-19(4)18-22(23)25(28(26)5)21-12-10-9-11-13-21/h9-15,18,20,25-26H,6-8,16-17H2,1-5H3/t25?,26-/m0/s1. The van der Waals surface area contributed by atoms with Crippen molar-refractivity contribution in [2.24, 2.45) is 5.92 Å². The second-order valence-corrected chi connectivity index (χ2v) is 8.61. The summed E-state index contributed by atoms with van der Waals surface area (Å²) in [6, 6.07) is 16.3. The van der Waals surface area contributed by atoms with Crippen molar-refractivity contribution in [1.29, 1.82) is 0 Å². The van der Waals surface area contributed by atoms with Crippen molar-refractivity contribution < 1.29 is 14.3 Å². The first kappa shape index (κ1) is 24.0. The highest BCUT2D eigenvalue weighted by Gasteiger charge is 2.42. The number of likely N-dealkylation sites (N-methyl/N-ethyl adjacent to an activating group) is 1. The van der Waals surface area contributed by atoms with Crippen LogP contribution >= 0.6 is 0 Å². The molecular formula is C27H36N2O3. The normalized spacial score (nSPS) is 19.1. The molecule has 0 fully saturated rings. The van der Waals surface area contributed by atoms with Gasteiger partial charge in [0.25, 0.3) is 0 Å². The van der Waals surface area contributed by atoms with Crippen molar-refractivity contribution in [3.63, 3.8) is 0 Å². The Hall–Kier alpha value is -2.66. The monoisotopic (exact) mass is 436 g/mol. The smallest absolute Gasteiger partial charge is 0.307 e. The van der Waals surface area contributed by atoms with Gasteiger partial charge in [-0.2, -0.15) is 0 Å². The second-order valence-electron chi connectivity index (χ2n) is 8.61. The van der Waals surface area contributed by atoms with E-state index in [2.05, 4.69) is 63.1 Å². The van der Waals surface area contributed by atoms with Gasteiger partial charge in [0, 0.05) is 12.2 Å². The Bertz CT molecular complexity index is 924. The molecule has 5 heteroatoms. The van der Waals surface area contributed by atoms with Crippen LogP contribution in [0.2, 0.25) is 0 Å². The van der Waals surface area contributed by atoms with Crippen LogP contribution in [0.15, 0.2) is 48.5 Å². The van der Waals surface area contributed by atoms with Gasteiger partial charge in [0.15, 0.2) is 0 Å². The number of carbonyl (C=O) groups is 2. The number of benzene rings is 2. The zero-order chi connectivity index (χ0) is 23.3. The van der Waals surface area contributed by atoms with Crippen LogP contribution in [0.3, 0.4) is 0 Å². The lowest BCUT2D eigenvalue weighted by Crippen LogP contribution is -2.50. The van der Waals surface area contributed by atoms with Crippen molar-refractivity contribution in [2.75, 3.05) is 25.1 Å². The number of anilines is 1. The summed E-state index contributed by atoms with van der Waals surface area (Å²) in [6.45, 7) is 8.85. The summed E-state index contributed by atoms with van der Waals surface area (Å²) < 4.78 is 5.15. The lowest BCUT2D eigenvalue weighted by Gasteiger charge is -2.37. The predicted octanol–water partition coefficient (Wildman–Crippen LogP) is 5.12. The molecule has 0 aromatic heterocycles. The molecule has 0 N–H and O–H groups in total. The van der Waals surface area contributed by atoms with Crippen LogP contribution in [0.1, 0.15) is 62.8 Å². The molecule has 1 amide bonds. The molecule has 2 atom stereocenters. The summed E-state index contributed by atoms with van der Waals surface area (Å²) in [5.74, 6) is 0.0125. The van der Waals surface area contributed by atoms with E-state index < -0.39 is 0 Å². The van der Waals surface area contributed by atoms with E-state index >= 15 is 0 Å². The first-order chi connectivity index (χ1) is 15.4. The Morgan fingerprint density at radius 1 is 1.06 bits per heavy atom. The fourth-order valence-electron chi connectivity index (χ4n) is 4.96. The van der Waals surface area contributed by atoms with E-state index in [1.54, 1.807) is 6.92 Å². The summed E-state index contributed by atoms with van der Waals surface area (Å²) in [7, 11) is 2.07. The van der Waals surface area contributed by atoms with E-state index in [4.69, 9.17) is 4.74 Å². The minimum absolute atomic E-state index is 0.0479. The van der Waals surface area contributed by atoms with Crippen LogP contribution in [-0.2, 0) is 14.3 Å². The maximum Gasteiger partial charge on any atom is 0.307 e. The molecule has 0 saturated heterocycles. The van der Waals surface area contributed by atoms with Gasteiger partial charge in [-0.3, -0.25) is 14.5 Å². The third-order valence-electron chi connectivity index (χ3n) is 6.59. The highest BCUT2D eigenvalue weighted by molar-refractivity contribution is 5.99. The lowest BCUT2D eigenvalue weighted by atomic mass is 9.89. The number of hydrogen-bond donors (Lipinski definition) is 0. The van der Waals surface area contributed by atoms with Crippen molar-refractivity contribution in [3.8, 4) is 0 Å². The topological polar surface area (TPSA) is 49.9 Å². The minimum Gasteiger partial charge on any atom is -0.466 e. The molecule has 5 nitrogen and oxygen atoms in total. The van der Waals surface area contributed by atoms with E-state index in [-0.39, 0.29) is 36.3 Å². The molecule has 3 rings (SSSR count). The first-order valence-electron chi connectivity index (χ1n) is 11.8. The Kier molecular flexibility index (Phi) is 8.08. The molecule has 0 aliphatic carbocycles. The van der Waals surface area contributed by atoms with Gasteiger partial charge in [-0.25, -0.2) is 0 Å². The van der Waals surface area contributed by atoms with Crippen molar-refractivity contribution in [3.05, 3.63) is 65.2 Å². The molecule has 2 aromatic carbocycles. The van der Waals surface area contributed by atoms with Crippen LogP contribution in [0.5, 0.6) is 0 Å². The highest BCUT2D eigenvalue weighted by Crippen LogP contribution is 2.41. The molecule has 2 aromatic rings. The maximum atomic E-state index is 14.0. The van der Waals surface area contributed by atoms with Gasteiger partial charge in [-0.15, -0.1) is 0 Å². The molecule has 0 bridgehead atoms. The zero-order valence-electron chi connectivity index (χ0n) is 20.0. The Morgan fingerprint density at radius 2 is 1.75 bits per heavy atom. The zero-order valence-corrected chi connectivity index (χ0v) is 20.0. The lowest BCUT2D eigenvalue weighted by molar-refractivity contribution is -0.142. The summed E-state index contributed by atoms with van der Waals surface area (Å²) in [5, 5.41) is 0. The summed E-state index contributed by atoms with van der Waals surface area (Å²) >= 11 is 0. The Labute approximate surface area is 192 Å². The number of amides is 1. The van der Waals surface area contributed by atoms with Crippen LogP contribution < -0.4 is 4.90 Å². The molecule has 0 radical (unpaired) electrons. The third kappa shape index (κ3) is 4.88. The first-order valence-corrected chi connectivity index (χ1v) is 11.8. The van der Waals surface area contributed by atoms with E-state index in [1.165, 1.54) is 0 Å². The molecule has 32 heavy (non-hydrogen) atoms. The number of rotatable bonds is 8. The molecule has 1 unspecified atom stereocenters. The number of fused-ring (bicyclic) bond motifs is 1. The van der Waals surface area contributed by atoms with Crippen molar-refractivity contribution in [1.82, 2.24) is 4.90 Å². The Morgan fingerprint density at radius 3 is 2.38 bits per heavy atom. The number of carbonyl (C=O) groups excluding carboxylic acids is 2. The van der Waals surface area contributed by atoms with Crippen molar-refractivity contribution >= 4 is 17.6 Å². The van der Waals surface area contributed by atoms with Gasteiger partial charge >= 0.3 is 5.97 Å². The van der Waals surface area contributed by atoms with Gasteiger partial charge in [-0.1, -0.05) is 74.7 Å². The summed E-state index contributed by atoms with van der Waals surface area (Å²) in [6.07, 6.45) is 2.02. The van der Waals surface area contributed by atoms with Crippen LogP contribution in [0.25, 0.3) is 0 Å². The summed E-state index contributed by atoms with van der Waals surface area (Å²) in [5.41, 5.74) is 4.30. The van der Waals surface area contributed by atoms with Gasteiger partial charge in [-0.05, 0) is 44.0 Å². The number of nitrogens with zero attached hydrogens (tertiary/aromatic N) is 2. The molecule has 1 heterocycles. The quantitative estimate of drug-likeness (QED) is 0.539. The number of ether oxygens (including phenoxy) is 1. The van der Waals surface area contributed by atoms with Gasteiger partial charge in [0.05, 0.1) is 25.1 Å². The van der Waals surface area contributed by atoms with Gasteiger partial charge in [0.1, 0.15) is 0 Å². The number of aryl methyl sites for hydroxylation is 1. The molecule has 172 valence electrons. The van der Waals surface area contributed by atoms with Crippen molar-refractivity contribution in [2.45, 2.75) is 59.0 Å². The molecule has 0 spiro atoms. The average molecular weight is 437 g/mol. The minimum atomic E-state index is -0.273. The fourth-order valence-corrected chi connectivity index (χ4v) is 4.96. The predicted molar refractivity (Wildman–Crippen MR) is 129 cm³/mol. The average Bonchev–Trinajstić information content (AvgIpc) is 2.87. The van der Waals surface area contributed by atoms with E-state index in [0.717, 1.165) is 35.2 Å². The van der Waals surface area contributed by atoms with Crippen LogP contribution in [0, 0.1) is 12.8 Å². The van der Waals surface area contributed by atoms with Crippen LogP contribution in [0.4, 0.5) is 5.69 Å². The maximum absolute atomic E-state index is 14.0. The van der Waals surface area contributed by atoms with Gasteiger partial charge < -0.3 is 9.64 Å².